The highest BCUT2D eigenvalue weighted by Gasteiger charge is 2.35. The highest BCUT2D eigenvalue weighted by atomic mass is 19.1. The summed E-state index contributed by atoms with van der Waals surface area (Å²) in [6.45, 7) is 0.265. The van der Waals surface area contributed by atoms with Gasteiger partial charge >= 0.3 is 0 Å². The summed E-state index contributed by atoms with van der Waals surface area (Å²) < 4.78 is 28.9. The Hall–Kier alpha value is -2.68. The van der Waals surface area contributed by atoms with Crippen molar-refractivity contribution in [3.8, 4) is 0 Å². The van der Waals surface area contributed by atoms with Gasteiger partial charge in [-0.25, -0.2) is 8.78 Å². The van der Waals surface area contributed by atoms with Gasteiger partial charge in [-0.1, -0.05) is 0 Å². The predicted octanol–water partition coefficient (Wildman–Crippen LogP) is 1.11. The van der Waals surface area contributed by atoms with Crippen LogP contribution in [-0.2, 0) is 0 Å². The number of fused-ring (bicyclic) bond motifs is 1. The van der Waals surface area contributed by atoms with E-state index in [2.05, 4.69) is 20.6 Å². The molecular formula is C14H12F2N6O. The van der Waals surface area contributed by atoms with Crippen molar-refractivity contribution in [3.63, 3.8) is 0 Å². The van der Waals surface area contributed by atoms with E-state index in [4.69, 9.17) is 0 Å². The van der Waals surface area contributed by atoms with Crippen molar-refractivity contribution < 1.29 is 13.9 Å². The molecule has 1 fully saturated rings. The Kier molecular flexibility index (Phi) is 3.15. The van der Waals surface area contributed by atoms with Crippen LogP contribution in [0.5, 0.6) is 0 Å². The molecule has 118 valence electrons. The smallest absolute Gasteiger partial charge is 0.200 e. The minimum Gasteiger partial charge on any atom is -0.391 e. The maximum atomic E-state index is 14.1. The topological polar surface area (TPSA) is 79.4 Å². The minimum absolute atomic E-state index is 0.195. The lowest BCUT2D eigenvalue weighted by Crippen LogP contribution is -2.26. The molecule has 1 N–H and O–H groups in total. The number of rotatable bonds is 2. The first-order chi connectivity index (χ1) is 11.1. The van der Waals surface area contributed by atoms with E-state index >= 15 is 0 Å². The SMILES string of the molecule is O[C@@H]1C[C@H](c2cc(F)ccc2F)N(c2ccc3nnnn3n2)C1. The van der Waals surface area contributed by atoms with Crippen molar-refractivity contribution in [1.29, 1.82) is 0 Å². The van der Waals surface area contributed by atoms with E-state index in [0.29, 0.717) is 11.5 Å². The Morgan fingerprint density at radius 3 is 2.91 bits per heavy atom. The van der Waals surface area contributed by atoms with Crippen LogP contribution in [0.3, 0.4) is 0 Å². The van der Waals surface area contributed by atoms with Gasteiger partial charge in [0.2, 0.25) is 0 Å². The molecule has 0 radical (unpaired) electrons. The van der Waals surface area contributed by atoms with Crippen LogP contribution in [0.1, 0.15) is 18.0 Å². The van der Waals surface area contributed by atoms with Crippen LogP contribution in [0.25, 0.3) is 5.65 Å². The molecule has 9 heteroatoms. The third-order valence-corrected chi connectivity index (χ3v) is 3.95. The van der Waals surface area contributed by atoms with Gasteiger partial charge in [-0.2, -0.15) is 0 Å². The summed E-state index contributed by atoms with van der Waals surface area (Å²) >= 11 is 0. The van der Waals surface area contributed by atoms with E-state index in [0.717, 1.165) is 18.2 Å². The van der Waals surface area contributed by atoms with Gasteiger partial charge in [-0.05, 0) is 47.2 Å². The average Bonchev–Trinajstić information content (AvgIpc) is 3.15. The molecular weight excluding hydrogens is 306 g/mol. The molecule has 7 nitrogen and oxygen atoms in total. The third-order valence-electron chi connectivity index (χ3n) is 3.95. The number of tetrazole rings is 1. The molecule has 1 aromatic carbocycles. The van der Waals surface area contributed by atoms with E-state index in [9.17, 15) is 13.9 Å². The van der Waals surface area contributed by atoms with Crippen LogP contribution in [0.4, 0.5) is 14.6 Å². The van der Waals surface area contributed by atoms with Crippen molar-refractivity contribution >= 4 is 11.5 Å². The number of aromatic nitrogens is 5. The lowest BCUT2D eigenvalue weighted by molar-refractivity contribution is 0.194. The molecule has 1 aliphatic rings. The maximum absolute atomic E-state index is 14.1. The molecule has 0 aliphatic carbocycles. The first-order valence-corrected chi connectivity index (χ1v) is 7.07. The zero-order valence-electron chi connectivity index (χ0n) is 11.8. The minimum atomic E-state index is -0.658. The number of aliphatic hydroxyl groups is 1. The summed E-state index contributed by atoms with van der Waals surface area (Å²) in [4.78, 5) is 1.73. The molecule has 23 heavy (non-hydrogen) atoms. The monoisotopic (exact) mass is 318 g/mol. The van der Waals surface area contributed by atoms with Crippen molar-refractivity contribution in [2.75, 3.05) is 11.4 Å². The quantitative estimate of drug-likeness (QED) is 0.762. The molecule has 1 saturated heterocycles. The Labute approximate surface area is 129 Å². The van der Waals surface area contributed by atoms with Gasteiger partial charge in [-0.15, -0.1) is 14.8 Å². The molecule has 0 unspecified atom stereocenters. The summed E-state index contributed by atoms with van der Waals surface area (Å²) in [6.07, 6.45) is -0.371. The molecule has 3 aromatic rings. The van der Waals surface area contributed by atoms with Crippen LogP contribution in [0.2, 0.25) is 0 Å². The molecule has 0 spiro atoms. The number of aliphatic hydroxyl groups excluding tert-OH is 1. The summed E-state index contributed by atoms with van der Waals surface area (Å²) in [6, 6.07) is 6.16. The summed E-state index contributed by atoms with van der Waals surface area (Å²) in [5.41, 5.74) is 0.669. The fourth-order valence-electron chi connectivity index (χ4n) is 2.93. The molecule has 4 rings (SSSR count). The van der Waals surface area contributed by atoms with Crippen LogP contribution in [0.15, 0.2) is 30.3 Å². The van der Waals surface area contributed by atoms with Crippen molar-refractivity contribution in [3.05, 3.63) is 47.5 Å². The van der Waals surface area contributed by atoms with Gasteiger partial charge in [0.25, 0.3) is 0 Å². The van der Waals surface area contributed by atoms with Gasteiger partial charge in [0.05, 0.1) is 12.1 Å². The maximum Gasteiger partial charge on any atom is 0.200 e. The summed E-state index contributed by atoms with van der Waals surface area (Å²) in [7, 11) is 0. The number of hydrogen-bond donors (Lipinski definition) is 1. The highest BCUT2D eigenvalue weighted by Crippen LogP contribution is 2.36. The number of anilines is 1. The third kappa shape index (κ3) is 2.38. The Morgan fingerprint density at radius 1 is 1.17 bits per heavy atom. The molecule has 0 amide bonds. The van der Waals surface area contributed by atoms with Gasteiger partial charge in [0.15, 0.2) is 11.5 Å². The average molecular weight is 318 g/mol. The van der Waals surface area contributed by atoms with Gasteiger partial charge in [0, 0.05) is 12.1 Å². The number of halogens is 2. The van der Waals surface area contributed by atoms with Crippen LogP contribution < -0.4 is 4.90 Å². The van der Waals surface area contributed by atoms with Crippen LogP contribution in [-0.4, -0.2) is 43.0 Å². The number of β-amino-alcohol motifs (C(OH)–C–C–N with tert-alkyl or cyclic N) is 1. The largest absolute Gasteiger partial charge is 0.391 e. The Morgan fingerprint density at radius 2 is 2.04 bits per heavy atom. The Bertz CT molecular complexity index is 869. The molecule has 2 atom stereocenters. The van der Waals surface area contributed by atoms with E-state index < -0.39 is 23.8 Å². The number of hydrogen-bond acceptors (Lipinski definition) is 6. The fraction of sp³-hybridized carbons (Fsp3) is 0.286. The zero-order valence-corrected chi connectivity index (χ0v) is 11.8. The van der Waals surface area contributed by atoms with E-state index in [1.807, 2.05) is 0 Å². The molecule has 2 aromatic heterocycles. The second-order valence-corrected chi connectivity index (χ2v) is 5.44. The lowest BCUT2D eigenvalue weighted by Gasteiger charge is -2.25. The van der Waals surface area contributed by atoms with Crippen molar-refractivity contribution in [2.24, 2.45) is 0 Å². The van der Waals surface area contributed by atoms with Gasteiger partial charge in [-0.3, -0.25) is 0 Å². The second kappa shape index (κ2) is 5.20. The van der Waals surface area contributed by atoms with E-state index in [1.165, 1.54) is 4.63 Å². The fourth-order valence-corrected chi connectivity index (χ4v) is 2.93. The summed E-state index contributed by atoms with van der Waals surface area (Å²) in [5, 5.41) is 25.2. The zero-order chi connectivity index (χ0) is 16.0. The normalized spacial score (nSPS) is 21.3. The Balaban J connectivity index is 1.77. The molecule has 0 bridgehead atoms. The van der Waals surface area contributed by atoms with Crippen molar-refractivity contribution in [2.45, 2.75) is 18.6 Å². The molecule has 0 saturated carbocycles. The van der Waals surface area contributed by atoms with E-state index in [1.54, 1.807) is 17.0 Å². The van der Waals surface area contributed by atoms with E-state index in [-0.39, 0.29) is 18.5 Å². The number of nitrogens with zero attached hydrogens (tertiary/aromatic N) is 6. The standard InChI is InChI=1S/C14H12F2N6O/c15-8-1-2-11(16)10(5-8)12-6-9(23)7-21(12)14-4-3-13-17-19-20-22(13)18-14/h1-5,9,12,23H,6-7H2/t9-,12-/m1/s1. The van der Waals surface area contributed by atoms with Gasteiger partial charge in [0.1, 0.15) is 11.6 Å². The predicted molar refractivity (Wildman–Crippen MR) is 75.6 cm³/mol. The second-order valence-electron chi connectivity index (χ2n) is 5.44. The summed E-state index contributed by atoms with van der Waals surface area (Å²) in [5.74, 6) is -0.555. The van der Waals surface area contributed by atoms with Crippen molar-refractivity contribution in [1.82, 2.24) is 25.3 Å². The first kappa shape index (κ1) is 13.9. The van der Waals surface area contributed by atoms with Crippen LogP contribution >= 0.6 is 0 Å². The highest BCUT2D eigenvalue weighted by molar-refractivity contribution is 5.48. The first-order valence-electron chi connectivity index (χ1n) is 7.07. The lowest BCUT2D eigenvalue weighted by atomic mass is 10.0. The molecule has 1 aliphatic heterocycles. The van der Waals surface area contributed by atoms with Gasteiger partial charge < -0.3 is 10.0 Å². The van der Waals surface area contributed by atoms with Crippen LogP contribution in [0, 0.1) is 11.6 Å². The molecule has 3 heterocycles. The number of benzene rings is 1.